The van der Waals surface area contributed by atoms with Crippen molar-refractivity contribution in [3.63, 3.8) is 0 Å². The Hall–Kier alpha value is -4.09. The van der Waals surface area contributed by atoms with Crippen LogP contribution in [-0.2, 0) is 44.0 Å². The molecule has 0 saturated heterocycles. The summed E-state index contributed by atoms with van der Waals surface area (Å²) < 4.78 is 0. The second kappa shape index (κ2) is 15.9. The molecule has 6 aromatic rings. The van der Waals surface area contributed by atoms with Crippen LogP contribution >= 0.6 is 0 Å². The minimum atomic E-state index is 0. The van der Waals surface area contributed by atoms with E-state index in [9.17, 15) is 0 Å². The number of fused-ring (bicyclic) bond motifs is 3. The third kappa shape index (κ3) is 9.62. The van der Waals surface area contributed by atoms with Crippen molar-refractivity contribution in [2.45, 2.75) is 132 Å². The number of anilines is 2. The first-order valence-corrected chi connectivity index (χ1v) is 20.2. The largest absolute Gasteiger partial charge is 0.656 e. The first-order chi connectivity index (χ1) is 25.9. The van der Waals surface area contributed by atoms with Crippen molar-refractivity contribution in [3.05, 3.63) is 148 Å². The van der Waals surface area contributed by atoms with Gasteiger partial charge >= 0.3 is 0 Å². The number of amidine groups is 1. The molecule has 305 valence electrons. The summed E-state index contributed by atoms with van der Waals surface area (Å²) in [6, 6.07) is 33.4. The summed E-state index contributed by atoms with van der Waals surface area (Å²) in [5, 5.41) is 9.89. The monoisotopic (exact) mass is 941 g/mol. The van der Waals surface area contributed by atoms with Gasteiger partial charge in [-0.05, 0) is 107 Å². The van der Waals surface area contributed by atoms with Crippen LogP contribution in [0.15, 0.2) is 96.1 Å². The van der Waals surface area contributed by atoms with Crippen LogP contribution in [0.3, 0.4) is 0 Å². The topological polar surface area (TPSA) is 32.9 Å². The van der Waals surface area contributed by atoms with E-state index >= 15 is 0 Å². The van der Waals surface area contributed by atoms with Crippen LogP contribution in [0.5, 0.6) is 0 Å². The van der Waals surface area contributed by atoms with Crippen LogP contribution in [0, 0.1) is 34.4 Å². The molecule has 0 amide bonds. The Bertz CT molecular complexity index is 2300. The molecule has 2 heterocycles. The van der Waals surface area contributed by atoms with Crippen molar-refractivity contribution >= 4 is 39.0 Å². The van der Waals surface area contributed by atoms with Crippen LogP contribution in [0.1, 0.15) is 133 Å². The van der Waals surface area contributed by atoms with Gasteiger partial charge in [0.2, 0.25) is 0 Å². The van der Waals surface area contributed by atoms with E-state index in [1.54, 1.807) is 0 Å². The van der Waals surface area contributed by atoms with Crippen molar-refractivity contribution in [3.8, 4) is 0 Å². The van der Waals surface area contributed by atoms with Gasteiger partial charge in [0.1, 0.15) is 5.84 Å². The molecule has 0 spiro atoms. The summed E-state index contributed by atoms with van der Waals surface area (Å²) in [7, 11) is 0. The normalized spacial score (nSPS) is 13.8. The second-order valence-electron chi connectivity index (χ2n) is 20.2. The molecule has 1 radical (unpaired) electrons. The summed E-state index contributed by atoms with van der Waals surface area (Å²) in [5.74, 6) is 0.931. The van der Waals surface area contributed by atoms with Gasteiger partial charge in [0.25, 0.3) is 0 Å². The van der Waals surface area contributed by atoms with Gasteiger partial charge in [-0.15, -0.1) is 17.7 Å². The Kier molecular flexibility index (Phi) is 12.3. The van der Waals surface area contributed by atoms with Gasteiger partial charge in [-0.1, -0.05) is 172 Å². The molecule has 7 rings (SSSR count). The van der Waals surface area contributed by atoms with E-state index in [0.29, 0.717) is 0 Å². The van der Waals surface area contributed by atoms with Crippen molar-refractivity contribution in [1.29, 1.82) is 0 Å². The van der Waals surface area contributed by atoms with E-state index in [1.807, 2.05) is 0 Å². The van der Waals surface area contributed by atoms with Crippen LogP contribution in [0.2, 0.25) is 0 Å². The van der Waals surface area contributed by atoms with E-state index in [0.717, 1.165) is 33.8 Å². The SMILES string of the molecule is CC(C)(C)c1cc(N2[CH-]N(c3cc(C(C)(C)C)cc(C(C)(C)C)c3)C(c3ccccc3)=N2)cc(C(C)(C)C)c1.Cc1cc(C)c2[n-]c3c(C)cc(C)cc3c2c1.[Au]. The number of rotatable bonds is 3. The maximum atomic E-state index is 5.24. The molecule has 1 aliphatic rings. The summed E-state index contributed by atoms with van der Waals surface area (Å²) in [6.07, 6.45) is 0. The zero-order valence-corrected chi connectivity index (χ0v) is 39.5. The zero-order chi connectivity index (χ0) is 41.1. The van der Waals surface area contributed by atoms with Gasteiger partial charge in [-0.3, -0.25) is 0 Å². The Morgan fingerprint density at radius 1 is 0.491 bits per heavy atom. The fraction of sp³-hybridized carbons (Fsp3) is 0.385. The summed E-state index contributed by atoms with van der Waals surface area (Å²) >= 11 is 0. The van der Waals surface area contributed by atoms with Gasteiger partial charge in [0.05, 0.1) is 0 Å². The molecule has 5 heteroatoms. The average molecular weight is 942 g/mol. The van der Waals surface area contributed by atoms with Gasteiger partial charge in [-0.25, -0.2) is 0 Å². The molecule has 1 aromatic heterocycles. The third-order valence-corrected chi connectivity index (χ3v) is 10.9. The van der Waals surface area contributed by atoms with Gasteiger partial charge in [-0.2, -0.15) is 5.10 Å². The summed E-state index contributed by atoms with van der Waals surface area (Å²) in [6.45, 7) is 38.2. The predicted molar refractivity (Wildman–Crippen MR) is 244 cm³/mol. The molecule has 0 fully saturated rings. The minimum Gasteiger partial charge on any atom is -0.656 e. The Labute approximate surface area is 359 Å². The van der Waals surface area contributed by atoms with Crippen LogP contribution in [-0.4, -0.2) is 5.84 Å². The fourth-order valence-corrected chi connectivity index (χ4v) is 7.40. The summed E-state index contributed by atoms with van der Waals surface area (Å²) in [4.78, 5) is 7.06. The van der Waals surface area contributed by atoms with Crippen molar-refractivity contribution in [1.82, 2.24) is 4.98 Å². The van der Waals surface area contributed by atoms with Gasteiger partial charge in [0.15, 0.2) is 0 Å². The molecule has 0 saturated carbocycles. The van der Waals surface area contributed by atoms with Crippen molar-refractivity contribution in [2.75, 3.05) is 9.91 Å². The second-order valence-corrected chi connectivity index (χ2v) is 20.2. The Morgan fingerprint density at radius 3 is 1.26 bits per heavy atom. The molecule has 4 nitrogen and oxygen atoms in total. The number of hydrazone groups is 1. The Balaban J connectivity index is 0.000000286. The zero-order valence-electron chi connectivity index (χ0n) is 37.3. The number of aryl methyl sites for hydroxylation is 4. The molecule has 57 heavy (non-hydrogen) atoms. The number of aromatic nitrogens is 1. The minimum absolute atomic E-state index is 0. The molecule has 5 aromatic carbocycles. The smallest absolute Gasteiger partial charge is 0.129 e. The number of hydrogen-bond donors (Lipinski definition) is 0. The molecule has 0 unspecified atom stereocenters. The molecule has 0 bridgehead atoms. The van der Waals surface area contributed by atoms with E-state index in [4.69, 9.17) is 10.1 Å². The maximum absolute atomic E-state index is 5.24. The molecule has 0 atom stereocenters. The number of benzene rings is 5. The van der Waals surface area contributed by atoms with Gasteiger partial charge < -0.3 is 14.9 Å². The molecule has 0 N–H and O–H groups in total. The van der Waals surface area contributed by atoms with Crippen molar-refractivity contribution < 1.29 is 22.4 Å². The Morgan fingerprint density at radius 2 is 0.877 bits per heavy atom. The van der Waals surface area contributed by atoms with Crippen LogP contribution in [0.4, 0.5) is 11.4 Å². The van der Waals surface area contributed by atoms with Crippen LogP contribution < -0.4 is 14.9 Å². The maximum Gasteiger partial charge on any atom is 0.129 e. The standard InChI is InChI=1S/C36H48N3.C16H16N.Au/c1-33(2,3)26-18-27(34(4,5)6)21-30(20-26)38-24-39(37-32(38)25-16-14-13-15-17-25)31-22-28(35(7,8)9)19-29(23-31)36(10,11)12;1-9-5-11(3)15-13(7-9)14-8-10(2)6-12(4)16(14)17-15;/h13-24H,1-12H3;5-8H,1-4H3;/q2*-1;. The van der Waals surface area contributed by atoms with Gasteiger partial charge in [0, 0.05) is 39.3 Å². The first kappa shape index (κ1) is 44.0. The van der Waals surface area contributed by atoms with Crippen molar-refractivity contribution in [2.24, 2.45) is 5.10 Å². The van der Waals surface area contributed by atoms with E-state index in [1.165, 1.54) is 55.3 Å². The van der Waals surface area contributed by atoms with E-state index in [-0.39, 0.29) is 44.0 Å². The van der Waals surface area contributed by atoms with E-state index in [2.05, 4.69) is 218 Å². The number of nitrogens with zero attached hydrogens (tertiary/aromatic N) is 4. The average Bonchev–Trinajstić information content (AvgIpc) is 3.70. The number of hydrogen-bond acceptors (Lipinski definition) is 3. The molecular formula is C52H64AuN4-2. The fourth-order valence-electron chi connectivity index (χ4n) is 7.40. The molecule has 0 aliphatic carbocycles. The first-order valence-electron chi connectivity index (χ1n) is 20.2. The third-order valence-electron chi connectivity index (χ3n) is 10.9. The summed E-state index contributed by atoms with van der Waals surface area (Å²) in [5.41, 5.74) is 16.2. The quantitative estimate of drug-likeness (QED) is 0.131. The molecular weight excluding hydrogens is 878 g/mol. The molecule has 1 aliphatic heterocycles. The predicted octanol–water partition coefficient (Wildman–Crippen LogP) is 13.9. The van der Waals surface area contributed by atoms with E-state index < -0.39 is 0 Å². The van der Waals surface area contributed by atoms with Crippen LogP contribution in [0.25, 0.3) is 21.8 Å².